The average Bonchev–Trinajstić information content (AvgIpc) is 3.02. The molecule has 0 aromatic carbocycles. The zero-order valence-electron chi connectivity index (χ0n) is 10.7. The molecule has 2 rings (SSSR count). The van der Waals surface area contributed by atoms with Crippen LogP contribution in [0.4, 0.5) is 0 Å². The van der Waals surface area contributed by atoms with Gasteiger partial charge in [-0.15, -0.1) is 0 Å². The van der Waals surface area contributed by atoms with E-state index in [4.69, 9.17) is 4.74 Å². The number of nitrogens with zero attached hydrogens (tertiary/aromatic N) is 2. The van der Waals surface area contributed by atoms with E-state index in [2.05, 4.69) is 28.5 Å². The normalized spacial score (nSPS) is 14.9. The lowest BCUT2D eigenvalue weighted by atomic mass is 10.4. The molecule has 0 bridgehead atoms. The van der Waals surface area contributed by atoms with Crippen molar-refractivity contribution in [2.45, 2.75) is 46.2 Å². The maximum absolute atomic E-state index is 10.6. The maximum atomic E-state index is 10.6. The fraction of sp³-hybridized carbons (Fsp3) is 0.692. The lowest BCUT2D eigenvalue weighted by molar-refractivity contribution is -0.705. The highest BCUT2D eigenvalue weighted by Gasteiger charge is 2.25. The summed E-state index contributed by atoms with van der Waals surface area (Å²) in [6, 6.07) is 0. The van der Waals surface area contributed by atoms with Gasteiger partial charge in [0.05, 0.1) is 19.7 Å². The van der Waals surface area contributed by atoms with Gasteiger partial charge in [-0.1, -0.05) is 0 Å². The van der Waals surface area contributed by atoms with Gasteiger partial charge in [-0.2, -0.15) is 0 Å². The van der Waals surface area contributed by atoms with Gasteiger partial charge < -0.3 is 4.74 Å². The number of rotatable bonds is 6. The molecule has 0 saturated heterocycles. The van der Waals surface area contributed by atoms with Crippen LogP contribution in [0.15, 0.2) is 12.4 Å². The van der Waals surface area contributed by atoms with E-state index in [0.717, 1.165) is 25.4 Å². The second kappa shape index (κ2) is 5.34. The number of aryl methyl sites for hydroxylation is 1. The van der Waals surface area contributed by atoms with Crippen molar-refractivity contribution in [2.75, 3.05) is 6.61 Å². The number of aromatic nitrogens is 2. The first-order chi connectivity index (χ1) is 8.16. The van der Waals surface area contributed by atoms with Gasteiger partial charge in [0, 0.05) is 20.3 Å². The molecule has 0 aliphatic heterocycles. The Morgan fingerprint density at radius 2 is 2.35 bits per heavy atom. The number of hydrogen-bond donors (Lipinski definition) is 0. The molecule has 1 aliphatic carbocycles. The molecule has 4 heteroatoms. The average molecular weight is 237 g/mol. The molecule has 17 heavy (non-hydrogen) atoms. The van der Waals surface area contributed by atoms with Crippen LogP contribution in [0.2, 0.25) is 0 Å². The molecular weight excluding hydrogens is 216 g/mol. The van der Waals surface area contributed by atoms with Crippen molar-refractivity contribution in [3.8, 4) is 0 Å². The van der Waals surface area contributed by atoms with Gasteiger partial charge in [-0.3, -0.25) is 4.79 Å². The number of carbonyl (C=O) groups is 1. The van der Waals surface area contributed by atoms with Crippen LogP contribution in [-0.2, 0) is 22.6 Å². The van der Waals surface area contributed by atoms with E-state index in [1.54, 1.807) is 0 Å². The van der Waals surface area contributed by atoms with Gasteiger partial charge >= 0.3 is 5.97 Å². The quantitative estimate of drug-likeness (QED) is 0.426. The van der Waals surface area contributed by atoms with Gasteiger partial charge in [0.15, 0.2) is 0 Å². The first kappa shape index (κ1) is 12.1. The zero-order chi connectivity index (χ0) is 12.3. The smallest absolute Gasteiger partial charge is 0.302 e. The zero-order valence-corrected chi connectivity index (χ0v) is 10.7. The van der Waals surface area contributed by atoms with Crippen LogP contribution < -0.4 is 4.57 Å². The second-order valence-electron chi connectivity index (χ2n) is 4.83. The number of ether oxygens (including phenoxy) is 1. The van der Waals surface area contributed by atoms with Crippen LogP contribution >= 0.6 is 0 Å². The SMILES string of the molecule is CC(=O)OCCCn1cc[n+](CC2CC2)c1C. The summed E-state index contributed by atoms with van der Waals surface area (Å²) < 4.78 is 9.48. The largest absolute Gasteiger partial charge is 0.466 e. The summed E-state index contributed by atoms with van der Waals surface area (Å²) in [6.45, 7) is 6.17. The molecule has 0 amide bonds. The Morgan fingerprint density at radius 1 is 1.59 bits per heavy atom. The third-order valence-corrected chi connectivity index (χ3v) is 3.26. The summed E-state index contributed by atoms with van der Waals surface area (Å²) in [6.07, 6.45) is 7.90. The van der Waals surface area contributed by atoms with Gasteiger partial charge in [-0.05, 0) is 18.8 Å². The molecule has 4 nitrogen and oxygen atoms in total. The van der Waals surface area contributed by atoms with Crippen molar-refractivity contribution in [3.05, 3.63) is 18.2 Å². The predicted octanol–water partition coefficient (Wildman–Crippen LogP) is 1.45. The van der Waals surface area contributed by atoms with Crippen LogP contribution in [-0.4, -0.2) is 17.1 Å². The molecule has 1 aromatic rings. The Kier molecular flexibility index (Phi) is 3.82. The molecule has 0 atom stereocenters. The minimum Gasteiger partial charge on any atom is -0.466 e. The van der Waals surface area contributed by atoms with Crippen LogP contribution in [0.5, 0.6) is 0 Å². The number of hydrogen-bond acceptors (Lipinski definition) is 2. The third-order valence-electron chi connectivity index (χ3n) is 3.26. The second-order valence-corrected chi connectivity index (χ2v) is 4.83. The van der Waals surface area contributed by atoms with E-state index in [9.17, 15) is 4.79 Å². The van der Waals surface area contributed by atoms with Crippen LogP contribution in [0, 0.1) is 12.8 Å². The summed E-state index contributed by atoms with van der Waals surface area (Å²) in [4.78, 5) is 10.6. The Balaban J connectivity index is 1.79. The Bertz CT molecular complexity index is 394. The Labute approximate surface area is 102 Å². The number of carbonyl (C=O) groups excluding carboxylic acids is 1. The summed E-state index contributed by atoms with van der Waals surface area (Å²) in [5, 5.41) is 0. The van der Waals surface area contributed by atoms with Gasteiger partial charge in [-0.25, -0.2) is 9.13 Å². The minimum absolute atomic E-state index is 0.196. The first-order valence-corrected chi connectivity index (χ1v) is 6.35. The molecule has 1 saturated carbocycles. The highest BCUT2D eigenvalue weighted by atomic mass is 16.5. The molecule has 0 unspecified atom stereocenters. The van der Waals surface area contributed by atoms with Gasteiger partial charge in [0.2, 0.25) is 0 Å². The molecule has 1 fully saturated rings. The van der Waals surface area contributed by atoms with Crippen LogP contribution in [0.25, 0.3) is 0 Å². The van der Waals surface area contributed by atoms with Gasteiger partial charge in [0.1, 0.15) is 12.4 Å². The summed E-state index contributed by atoms with van der Waals surface area (Å²) in [5.74, 6) is 1.99. The standard InChI is InChI=1S/C13H21N2O2/c1-11-14(6-3-9-17-12(2)16)7-8-15(11)10-13-4-5-13/h7-8,13H,3-6,9-10H2,1-2H3/q+1. The van der Waals surface area contributed by atoms with E-state index in [0.29, 0.717) is 6.61 Å². The van der Waals surface area contributed by atoms with Crippen molar-refractivity contribution < 1.29 is 14.1 Å². The van der Waals surface area contributed by atoms with Crippen molar-refractivity contribution >= 4 is 5.97 Å². The summed E-state index contributed by atoms with van der Waals surface area (Å²) in [5.41, 5.74) is 0. The lowest BCUT2D eigenvalue weighted by Gasteiger charge is -2.02. The Morgan fingerprint density at radius 3 is 3.00 bits per heavy atom. The molecule has 1 heterocycles. The first-order valence-electron chi connectivity index (χ1n) is 6.35. The van der Waals surface area contributed by atoms with Crippen molar-refractivity contribution in [2.24, 2.45) is 5.92 Å². The topological polar surface area (TPSA) is 35.1 Å². The molecule has 0 radical (unpaired) electrons. The maximum Gasteiger partial charge on any atom is 0.302 e. The van der Waals surface area contributed by atoms with E-state index >= 15 is 0 Å². The van der Waals surface area contributed by atoms with Crippen molar-refractivity contribution in [3.63, 3.8) is 0 Å². The predicted molar refractivity (Wildman–Crippen MR) is 63.3 cm³/mol. The summed E-state index contributed by atoms with van der Waals surface area (Å²) >= 11 is 0. The molecular formula is C13H21N2O2+. The van der Waals surface area contributed by atoms with Crippen molar-refractivity contribution in [1.29, 1.82) is 0 Å². The van der Waals surface area contributed by atoms with E-state index in [1.807, 2.05) is 0 Å². The molecule has 0 spiro atoms. The van der Waals surface area contributed by atoms with Crippen LogP contribution in [0.1, 0.15) is 32.0 Å². The molecule has 0 N–H and O–H groups in total. The molecule has 94 valence electrons. The number of esters is 1. The van der Waals surface area contributed by atoms with E-state index < -0.39 is 0 Å². The fourth-order valence-electron chi connectivity index (χ4n) is 2.00. The lowest BCUT2D eigenvalue weighted by Crippen LogP contribution is -2.36. The highest BCUT2D eigenvalue weighted by Crippen LogP contribution is 2.28. The third kappa shape index (κ3) is 3.58. The van der Waals surface area contributed by atoms with Crippen LogP contribution in [0.3, 0.4) is 0 Å². The summed E-state index contributed by atoms with van der Waals surface area (Å²) in [7, 11) is 0. The molecule has 1 aromatic heterocycles. The number of imidazole rings is 1. The van der Waals surface area contributed by atoms with E-state index in [1.165, 1.54) is 25.6 Å². The monoisotopic (exact) mass is 237 g/mol. The van der Waals surface area contributed by atoms with Gasteiger partial charge in [0.25, 0.3) is 5.82 Å². The molecule has 1 aliphatic rings. The fourth-order valence-corrected chi connectivity index (χ4v) is 2.00. The highest BCUT2D eigenvalue weighted by molar-refractivity contribution is 5.65. The minimum atomic E-state index is -0.196. The van der Waals surface area contributed by atoms with E-state index in [-0.39, 0.29) is 5.97 Å². The Hall–Kier alpha value is -1.32. The van der Waals surface area contributed by atoms with Crippen molar-refractivity contribution in [1.82, 2.24) is 4.57 Å².